The first-order chi connectivity index (χ1) is 11.0. The van der Waals surface area contributed by atoms with Crippen molar-refractivity contribution in [3.05, 3.63) is 29.6 Å². The van der Waals surface area contributed by atoms with E-state index in [9.17, 15) is 4.79 Å². The maximum absolute atomic E-state index is 12.3. The van der Waals surface area contributed by atoms with Crippen molar-refractivity contribution in [1.82, 2.24) is 19.8 Å². The van der Waals surface area contributed by atoms with Gasteiger partial charge in [0.2, 0.25) is 0 Å². The fraction of sp³-hybridized carbons (Fsp3) is 0.556. The van der Waals surface area contributed by atoms with E-state index in [2.05, 4.69) is 22.2 Å². The zero-order valence-electron chi connectivity index (χ0n) is 14.3. The summed E-state index contributed by atoms with van der Waals surface area (Å²) in [6.07, 6.45) is 3.56. The number of benzene rings is 1. The molecule has 1 aromatic carbocycles. The Morgan fingerprint density at radius 3 is 2.78 bits per heavy atom. The summed E-state index contributed by atoms with van der Waals surface area (Å²) in [5.41, 5.74) is 2.64. The van der Waals surface area contributed by atoms with Gasteiger partial charge in [0.15, 0.2) is 0 Å². The quantitative estimate of drug-likeness (QED) is 0.942. The number of aryl methyl sites for hydroxylation is 2. The van der Waals surface area contributed by atoms with Gasteiger partial charge in [-0.05, 0) is 70.4 Å². The molecule has 0 bridgehead atoms. The monoisotopic (exact) mass is 314 g/mol. The highest BCUT2D eigenvalue weighted by Gasteiger charge is 2.16. The summed E-state index contributed by atoms with van der Waals surface area (Å²) in [4.78, 5) is 19.2. The van der Waals surface area contributed by atoms with Crippen molar-refractivity contribution >= 4 is 16.9 Å². The molecule has 2 aromatic rings. The number of likely N-dealkylation sites (tertiary alicyclic amines) is 1. The first-order valence-electron chi connectivity index (χ1n) is 8.44. The summed E-state index contributed by atoms with van der Waals surface area (Å²) < 4.78 is 2.04. The van der Waals surface area contributed by atoms with E-state index in [0.29, 0.717) is 5.56 Å². The van der Waals surface area contributed by atoms with Crippen molar-refractivity contribution in [2.75, 3.05) is 26.7 Å². The number of rotatable bonds is 4. The van der Waals surface area contributed by atoms with Crippen LogP contribution >= 0.6 is 0 Å². The van der Waals surface area contributed by atoms with Crippen LogP contribution in [0.15, 0.2) is 18.2 Å². The lowest BCUT2D eigenvalue weighted by atomic mass is 9.94. The fourth-order valence-electron chi connectivity index (χ4n) is 3.30. The lowest BCUT2D eigenvalue weighted by Gasteiger charge is -2.28. The van der Waals surface area contributed by atoms with E-state index >= 15 is 0 Å². The van der Waals surface area contributed by atoms with E-state index < -0.39 is 0 Å². The van der Waals surface area contributed by atoms with E-state index in [1.54, 1.807) is 0 Å². The molecule has 5 nitrogen and oxygen atoms in total. The smallest absolute Gasteiger partial charge is 0.251 e. The zero-order valence-corrected chi connectivity index (χ0v) is 14.3. The van der Waals surface area contributed by atoms with Crippen molar-refractivity contribution in [3.8, 4) is 0 Å². The predicted molar refractivity (Wildman–Crippen MR) is 92.6 cm³/mol. The van der Waals surface area contributed by atoms with E-state index in [-0.39, 0.29) is 5.91 Å². The zero-order chi connectivity index (χ0) is 16.4. The third-order valence-electron chi connectivity index (χ3n) is 5.04. The topological polar surface area (TPSA) is 50.2 Å². The minimum atomic E-state index is 0.00290. The third kappa shape index (κ3) is 3.55. The van der Waals surface area contributed by atoms with Crippen LogP contribution in [-0.4, -0.2) is 47.0 Å². The van der Waals surface area contributed by atoms with Crippen LogP contribution in [0.1, 0.15) is 35.4 Å². The standard InChI is InChI=1S/C18H26N4O/c1-13-20-16-12-15(4-5-17(16)22(13)3)18(23)19-9-6-14-7-10-21(2)11-8-14/h4-5,12,14H,6-11H2,1-3H3,(H,19,23). The molecule has 0 aliphatic carbocycles. The summed E-state index contributed by atoms with van der Waals surface area (Å²) in [7, 11) is 4.17. The van der Waals surface area contributed by atoms with Crippen LogP contribution in [0.2, 0.25) is 0 Å². The number of nitrogens with zero attached hydrogens (tertiary/aromatic N) is 3. The van der Waals surface area contributed by atoms with Crippen LogP contribution in [0.4, 0.5) is 0 Å². The van der Waals surface area contributed by atoms with Gasteiger partial charge in [0.05, 0.1) is 11.0 Å². The molecule has 124 valence electrons. The van der Waals surface area contributed by atoms with Crippen LogP contribution in [0.3, 0.4) is 0 Å². The molecular formula is C18H26N4O. The molecular weight excluding hydrogens is 288 g/mol. The van der Waals surface area contributed by atoms with Crippen molar-refractivity contribution in [3.63, 3.8) is 0 Å². The highest BCUT2D eigenvalue weighted by Crippen LogP contribution is 2.19. The average molecular weight is 314 g/mol. The second kappa shape index (κ2) is 6.71. The van der Waals surface area contributed by atoms with Gasteiger partial charge >= 0.3 is 0 Å². The van der Waals surface area contributed by atoms with E-state index in [0.717, 1.165) is 35.7 Å². The number of piperidine rings is 1. The second-order valence-corrected chi connectivity index (χ2v) is 6.71. The Hall–Kier alpha value is -1.88. The molecule has 0 radical (unpaired) electrons. The van der Waals surface area contributed by atoms with Gasteiger partial charge in [0.25, 0.3) is 5.91 Å². The molecule has 1 aromatic heterocycles. The minimum absolute atomic E-state index is 0.00290. The van der Waals surface area contributed by atoms with Gasteiger partial charge in [-0.3, -0.25) is 4.79 Å². The molecule has 1 N–H and O–H groups in total. The van der Waals surface area contributed by atoms with Crippen molar-refractivity contribution < 1.29 is 4.79 Å². The van der Waals surface area contributed by atoms with Gasteiger partial charge in [0, 0.05) is 19.2 Å². The summed E-state index contributed by atoms with van der Waals surface area (Å²) >= 11 is 0. The molecule has 1 amide bonds. The number of fused-ring (bicyclic) bond motifs is 1. The Kier molecular flexibility index (Phi) is 4.66. The second-order valence-electron chi connectivity index (χ2n) is 6.71. The van der Waals surface area contributed by atoms with Crippen LogP contribution in [0.25, 0.3) is 11.0 Å². The number of carbonyl (C=O) groups excluding carboxylic acids is 1. The summed E-state index contributed by atoms with van der Waals surface area (Å²) in [6, 6.07) is 5.74. The number of carbonyl (C=O) groups is 1. The highest BCUT2D eigenvalue weighted by molar-refractivity contribution is 5.97. The summed E-state index contributed by atoms with van der Waals surface area (Å²) in [5, 5.41) is 3.06. The molecule has 0 saturated carbocycles. The molecule has 0 spiro atoms. The Labute approximate surface area is 137 Å². The number of hydrogen-bond acceptors (Lipinski definition) is 3. The third-order valence-corrected chi connectivity index (χ3v) is 5.04. The van der Waals surface area contributed by atoms with Crippen molar-refractivity contribution in [1.29, 1.82) is 0 Å². The Bertz CT molecular complexity index is 698. The number of amides is 1. The molecule has 3 rings (SSSR count). The predicted octanol–water partition coefficient (Wildman–Crippen LogP) is 2.34. The summed E-state index contributed by atoms with van der Waals surface area (Å²) in [6.45, 7) is 5.08. The van der Waals surface area contributed by atoms with Crippen molar-refractivity contribution in [2.24, 2.45) is 13.0 Å². The average Bonchev–Trinajstić information content (AvgIpc) is 2.83. The fourth-order valence-corrected chi connectivity index (χ4v) is 3.30. The van der Waals surface area contributed by atoms with Crippen LogP contribution < -0.4 is 5.32 Å². The molecule has 0 unspecified atom stereocenters. The van der Waals surface area contributed by atoms with Crippen LogP contribution in [-0.2, 0) is 7.05 Å². The number of hydrogen-bond donors (Lipinski definition) is 1. The number of imidazole rings is 1. The Morgan fingerprint density at radius 1 is 1.30 bits per heavy atom. The van der Waals surface area contributed by atoms with Gasteiger partial charge in [-0.1, -0.05) is 0 Å². The van der Waals surface area contributed by atoms with Gasteiger partial charge in [0.1, 0.15) is 5.82 Å². The largest absolute Gasteiger partial charge is 0.352 e. The number of nitrogens with one attached hydrogen (secondary N) is 1. The maximum atomic E-state index is 12.3. The lowest BCUT2D eigenvalue weighted by molar-refractivity contribution is 0.0949. The molecule has 0 atom stereocenters. The van der Waals surface area contributed by atoms with E-state index in [1.807, 2.05) is 36.7 Å². The maximum Gasteiger partial charge on any atom is 0.251 e. The molecule has 1 aliphatic heterocycles. The van der Waals surface area contributed by atoms with Gasteiger partial charge in [-0.25, -0.2) is 4.98 Å². The molecule has 23 heavy (non-hydrogen) atoms. The van der Waals surface area contributed by atoms with Gasteiger partial charge in [-0.15, -0.1) is 0 Å². The van der Waals surface area contributed by atoms with Crippen LogP contribution in [0.5, 0.6) is 0 Å². The van der Waals surface area contributed by atoms with E-state index in [4.69, 9.17) is 0 Å². The molecule has 2 heterocycles. The molecule has 5 heteroatoms. The highest BCUT2D eigenvalue weighted by atomic mass is 16.1. The SMILES string of the molecule is Cc1nc2cc(C(=O)NCCC3CCN(C)CC3)ccc2n1C. The number of aromatic nitrogens is 2. The normalized spacial score (nSPS) is 16.8. The van der Waals surface area contributed by atoms with E-state index in [1.165, 1.54) is 25.9 Å². The van der Waals surface area contributed by atoms with Crippen LogP contribution in [0, 0.1) is 12.8 Å². The first-order valence-corrected chi connectivity index (χ1v) is 8.44. The molecule has 1 saturated heterocycles. The molecule has 1 aliphatic rings. The minimum Gasteiger partial charge on any atom is -0.352 e. The van der Waals surface area contributed by atoms with Gasteiger partial charge < -0.3 is 14.8 Å². The first kappa shape index (κ1) is 16.0. The summed E-state index contributed by atoms with van der Waals surface area (Å²) in [5.74, 6) is 1.70. The van der Waals surface area contributed by atoms with Crippen molar-refractivity contribution in [2.45, 2.75) is 26.2 Å². The lowest BCUT2D eigenvalue weighted by Crippen LogP contribution is -2.32. The molecule has 1 fully saturated rings. The Morgan fingerprint density at radius 2 is 2.04 bits per heavy atom. The van der Waals surface area contributed by atoms with Gasteiger partial charge in [-0.2, -0.15) is 0 Å². The Balaban J connectivity index is 1.56.